The van der Waals surface area contributed by atoms with Crippen LogP contribution in [0.4, 0.5) is 13.2 Å². The molecule has 0 unspecified atom stereocenters. The van der Waals surface area contributed by atoms with Gasteiger partial charge in [0, 0.05) is 12.4 Å². The number of aromatic nitrogens is 2. The van der Waals surface area contributed by atoms with Crippen LogP contribution in [0.1, 0.15) is 21.8 Å². The average Bonchev–Trinajstić information content (AvgIpc) is 3.08. The summed E-state index contributed by atoms with van der Waals surface area (Å²) in [7, 11) is 0. The van der Waals surface area contributed by atoms with Gasteiger partial charge in [0.1, 0.15) is 5.65 Å². The highest BCUT2D eigenvalue weighted by Crippen LogP contribution is 2.29. The first-order valence-corrected chi connectivity index (χ1v) is 7.20. The topological polar surface area (TPSA) is 59.5 Å². The van der Waals surface area contributed by atoms with Gasteiger partial charge >= 0.3 is 6.18 Å². The fourth-order valence-electron chi connectivity index (χ4n) is 1.99. The molecule has 0 aliphatic rings. The molecule has 0 saturated heterocycles. The van der Waals surface area contributed by atoms with Gasteiger partial charge in [-0.2, -0.15) is 13.2 Å². The SMILES string of the molecule is O=C(NCc1cn2cc(C(F)(F)F)ccc2n1)c1ccc(Br)o1. The molecule has 23 heavy (non-hydrogen) atoms. The smallest absolute Gasteiger partial charge is 0.417 e. The summed E-state index contributed by atoms with van der Waals surface area (Å²) in [6, 6.07) is 5.32. The van der Waals surface area contributed by atoms with E-state index in [2.05, 4.69) is 26.2 Å². The molecule has 3 aromatic heterocycles. The first-order chi connectivity index (χ1) is 10.8. The van der Waals surface area contributed by atoms with E-state index in [0.29, 0.717) is 16.0 Å². The largest absolute Gasteiger partial charge is 0.444 e. The molecular formula is C14H9BrF3N3O2. The van der Waals surface area contributed by atoms with Crippen LogP contribution in [0.5, 0.6) is 0 Å². The summed E-state index contributed by atoms with van der Waals surface area (Å²) in [6.45, 7) is 0.0696. The Labute approximate surface area is 136 Å². The number of halogens is 4. The Hall–Kier alpha value is -2.29. The molecule has 0 fully saturated rings. The van der Waals surface area contributed by atoms with Crippen molar-refractivity contribution < 1.29 is 22.4 Å². The minimum atomic E-state index is -4.42. The van der Waals surface area contributed by atoms with E-state index in [1.807, 2.05) is 0 Å². The summed E-state index contributed by atoms with van der Waals surface area (Å²) < 4.78 is 44.8. The molecule has 0 radical (unpaired) electrons. The Morgan fingerprint density at radius 2 is 2.04 bits per heavy atom. The third-order valence-electron chi connectivity index (χ3n) is 3.06. The number of pyridine rings is 1. The molecule has 3 aromatic rings. The molecule has 3 rings (SSSR count). The molecule has 0 aromatic carbocycles. The van der Waals surface area contributed by atoms with Crippen LogP contribution in [0.15, 0.2) is 45.7 Å². The molecule has 0 aliphatic heterocycles. The molecular weight excluding hydrogens is 379 g/mol. The van der Waals surface area contributed by atoms with E-state index in [1.54, 1.807) is 6.07 Å². The number of hydrogen-bond donors (Lipinski definition) is 1. The standard InChI is InChI=1S/C14H9BrF3N3O2/c15-11-3-2-10(23-11)13(22)19-5-9-7-21-6-8(14(16,17)18)1-4-12(21)20-9/h1-4,6-7H,5H2,(H,19,22). The van der Waals surface area contributed by atoms with Gasteiger partial charge in [0.25, 0.3) is 5.91 Å². The van der Waals surface area contributed by atoms with Crippen LogP contribution in [-0.2, 0) is 12.7 Å². The van der Waals surface area contributed by atoms with Gasteiger partial charge in [-0.15, -0.1) is 0 Å². The quantitative estimate of drug-likeness (QED) is 0.746. The monoisotopic (exact) mass is 387 g/mol. The number of nitrogens with zero attached hydrogens (tertiary/aromatic N) is 2. The molecule has 0 aliphatic carbocycles. The zero-order valence-electron chi connectivity index (χ0n) is 11.4. The Morgan fingerprint density at radius 3 is 2.70 bits per heavy atom. The van der Waals surface area contributed by atoms with Crippen molar-refractivity contribution >= 4 is 27.5 Å². The molecule has 1 amide bonds. The second kappa shape index (κ2) is 5.73. The first-order valence-electron chi connectivity index (χ1n) is 6.41. The second-order valence-corrected chi connectivity index (χ2v) is 5.48. The number of furan rings is 1. The number of imidazole rings is 1. The van der Waals surface area contributed by atoms with E-state index >= 15 is 0 Å². The van der Waals surface area contributed by atoms with Crippen LogP contribution < -0.4 is 5.32 Å². The lowest BCUT2D eigenvalue weighted by Crippen LogP contribution is -2.22. The van der Waals surface area contributed by atoms with Gasteiger partial charge < -0.3 is 14.1 Å². The van der Waals surface area contributed by atoms with Gasteiger partial charge in [-0.1, -0.05) is 0 Å². The Bertz CT molecular complexity index is 870. The van der Waals surface area contributed by atoms with E-state index in [1.165, 1.54) is 22.7 Å². The summed E-state index contributed by atoms with van der Waals surface area (Å²) in [5, 5.41) is 2.58. The fourth-order valence-corrected chi connectivity index (χ4v) is 2.30. The molecule has 9 heteroatoms. The number of rotatable bonds is 3. The number of alkyl halides is 3. The highest BCUT2D eigenvalue weighted by Gasteiger charge is 2.30. The lowest BCUT2D eigenvalue weighted by Gasteiger charge is -2.05. The fraction of sp³-hybridized carbons (Fsp3) is 0.143. The average molecular weight is 388 g/mol. The van der Waals surface area contributed by atoms with E-state index < -0.39 is 17.6 Å². The van der Waals surface area contributed by atoms with Crippen molar-refractivity contribution in [2.75, 3.05) is 0 Å². The molecule has 0 atom stereocenters. The maximum Gasteiger partial charge on any atom is 0.417 e. The number of carbonyl (C=O) groups excluding carboxylic acids is 1. The van der Waals surface area contributed by atoms with Crippen LogP contribution in [0, 0.1) is 0 Å². The first kappa shape index (κ1) is 15.6. The normalized spacial score (nSPS) is 11.8. The van der Waals surface area contributed by atoms with E-state index in [-0.39, 0.29) is 12.3 Å². The summed E-state index contributed by atoms with van der Waals surface area (Å²) in [6.07, 6.45) is -2.03. The molecule has 1 N–H and O–H groups in total. The Morgan fingerprint density at radius 1 is 1.26 bits per heavy atom. The van der Waals surface area contributed by atoms with Crippen molar-refractivity contribution in [1.82, 2.24) is 14.7 Å². The number of fused-ring (bicyclic) bond motifs is 1. The van der Waals surface area contributed by atoms with Gasteiger partial charge in [-0.25, -0.2) is 4.98 Å². The van der Waals surface area contributed by atoms with Crippen molar-refractivity contribution in [3.63, 3.8) is 0 Å². The van der Waals surface area contributed by atoms with E-state index in [4.69, 9.17) is 4.42 Å². The minimum Gasteiger partial charge on any atom is -0.444 e. The highest BCUT2D eigenvalue weighted by atomic mass is 79.9. The van der Waals surface area contributed by atoms with Crippen molar-refractivity contribution in [3.05, 3.63) is 58.3 Å². The Kier molecular flexibility index (Phi) is 3.88. The minimum absolute atomic E-state index is 0.0696. The van der Waals surface area contributed by atoms with Crippen molar-refractivity contribution in [2.24, 2.45) is 0 Å². The van der Waals surface area contributed by atoms with Crippen LogP contribution >= 0.6 is 15.9 Å². The lowest BCUT2D eigenvalue weighted by molar-refractivity contribution is -0.137. The number of amides is 1. The van der Waals surface area contributed by atoms with E-state index in [9.17, 15) is 18.0 Å². The lowest BCUT2D eigenvalue weighted by atomic mass is 10.3. The number of nitrogens with one attached hydrogen (secondary N) is 1. The van der Waals surface area contributed by atoms with Gasteiger partial charge in [-0.3, -0.25) is 4.79 Å². The van der Waals surface area contributed by atoms with Crippen LogP contribution in [-0.4, -0.2) is 15.3 Å². The van der Waals surface area contributed by atoms with Crippen molar-refractivity contribution in [3.8, 4) is 0 Å². The third kappa shape index (κ3) is 3.39. The predicted molar refractivity (Wildman–Crippen MR) is 77.8 cm³/mol. The van der Waals surface area contributed by atoms with Gasteiger partial charge in [0.2, 0.25) is 0 Å². The second-order valence-electron chi connectivity index (χ2n) is 4.70. The van der Waals surface area contributed by atoms with Crippen LogP contribution in [0.25, 0.3) is 5.65 Å². The summed E-state index contributed by atoms with van der Waals surface area (Å²) in [5.74, 6) is -0.316. The third-order valence-corrected chi connectivity index (χ3v) is 3.48. The molecule has 120 valence electrons. The Balaban J connectivity index is 1.75. The maximum atomic E-state index is 12.7. The van der Waals surface area contributed by atoms with E-state index in [0.717, 1.165) is 12.3 Å². The molecule has 0 saturated carbocycles. The van der Waals surface area contributed by atoms with Crippen LogP contribution in [0.3, 0.4) is 0 Å². The maximum absolute atomic E-state index is 12.7. The summed E-state index contributed by atoms with van der Waals surface area (Å²) >= 11 is 3.09. The summed E-state index contributed by atoms with van der Waals surface area (Å²) in [4.78, 5) is 16.0. The van der Waals surface area contributed by atoms with Gasteiger partial charge in [-0.05, 0) is 40.2 Å². The van der Waals surface area contributed by atoms with Crippen molar-refractivity contribution in [2.45, 2.75) is 12.7 Å². The number of carbonyl (C=O) groups is 1. The highest BCUT2D eigenvalue weighted by molar-refractivity contribution is 9.10. The molecule has 0 bridgehead atoms. The van der Waals surface area contributed by atoms with Crippen molar-refractivity contribution in [1.29, 1.82) is 0 Å². The molecule has 0 spiro atoms. The molecule has 3 heterocycles. The predicted octanol–water partition coefficient (Wildman–Crippen LogP) is 3.64. The van der Waals surface area contributed by atoms with Gasteiger partial charge in [0.15, 0.2) is 10.4 Å². The molecule has 5 nitrogen and oxygen atoms in total. The summed E-state index contributed by atoms with van der Waals surface area (Å²) in [5.41, 5.74) is 0.0321. The van der Waals surface area contributed by atoms with Crippen LogP contribution in [0.2, 0.25) is 0 Å². The number of hydrogen-bond acceptors (Lipinski definition) is 3. The zero-order valence-corrected chi connectivity index (χ0v) is 13.0. The zero-order chi connectivity index (χ0) is 16.6. The van der Waals surface area contributed by atoms with Gasteiger partial charge in [0.05, 0.1) is 17.8 Å².